The number of nitrogens with two attached hydrogens (primary N) is 1. The molecule has 0 aliphatic rings. The van der Waals surface area contributed by atoms with Crippen LogP contribution < -0.4 is 10.5 Å². The number of benzene rings is 2. The van der Waals surface area contributed by atoms with Gasteiger partial charge in [-0.15, -0.1) is 0 Å². The van der Waals surface area contributed by atoms with E-state index < -0.39 is 5.41 Å². The highest BCUT2D eigenvalue weighted by molar-refractivity contribution is 5.35. The van der Waals surface area contributed by atoms with Gasteiger partial charge in [-0.25, -0.2) is 0 Å². The van der Waals surface area contributed by atoms with E-state index >= 15 is 0 Å². The largest absolute Gasteiger partial charge is 0.497 e. The summed E-state index contributed by atoms with van der Waals surface area (Å²) in [5.41, 5.74) is 8.93. The molecule has 3 N–H and O–H groups in total. The van der Waals surface area contributed by atoms with Gasteiger partial charge in [0.25, 0.3) is 0 Å². The van der Waals surface area contributed by atoms with E-state index in [1.54, 1.807) is 7.11 Å². The van der Waals surface area contributed by atoms with Crippen LogP contribution in [0.1, 0.15) is 16.7 Å². The summed E-state index contributed by atoms with van der Waals surface area (Å²) in [5.74, 6) is 0.820. The molecule has 1 atom stereocenters. The highest BCUT2D eigenvalue weighted by atomic mass is 16.5. The third kappa shape index (κ3) is 3.43. The minimum absolute atomic E-state index is 0.0176. The van der Waals surface area contributed by atoms with Gasteiger partial charge < -0.3 is 15.6 Å². The lowest BCUT2D eigenvalue weighted by atomic mass is 9.76. The van der Waals surface area contributed by atoms with E-state index in [9.17, 15) is 5.11 Å². The summed E-state index contributed by atoms with van der Waals surface area (Å²) in [6.07, 6.45) is 0.681. The van der Waals surface area contributed by atoms with Crippen LogP contribution in [0.2, 0.25) is 0 Å². The zero-order chi connectivity index (χ0) is 15.3. The number of ether oxygens (including phenoxy) is 1. The van der Waals surface area contributed by atoms with Crippen LogP contribution in [0.4, 0.5) is 0 Å². The Morgan fingerprint density at radius 2 is 1.86 bits per heavy atom. The van der Waals surface area contributed by atoms with Crippen LogP contribution in [0, 0.1) is 6.92 Å². The molecule has 0 bridgehead atoms. The van der Waals surface area contributed by atoms with Crippen molar-refractivity contribution in [3.8, 4) is 5.75 Å². The molecular formula is C18H23NO2. The summed E-state index contributed by atoms with van der Waals surface area (Å²) in [7, 11) is 1.65. The van der Waals surface area contributed by atoms with Gasteiger partial charge in [0.15, 0.2) is 0 Å². The lowest BCUT2D eigenvalue weighted by Crippen LogP contribution is -2.41. The molecule has 2 rings (SSSR count). The smallest absolute Gasteiger partial charge is 0.119 e. The van der Waals surface area contributed by atoms with Crippen molar-refractivity contribution in [1.29, 1.82) is 0 Å². The second-order valence-corrected chi connectivity index (χ2v) is 5.54. The van der Waals surface area contributed by atoms with E-state index in [1.807, 2.05) is 24.3 Å². The lowest BCUT2D eigenvalue weighted by Gasteiger charge is -2.31. The van der Waals surface area contributed by atoms with E-state index in [1.165, 1.54) is 5.56 Å². The molecule has 0 saturated carbocycles. The third-order valence-corrected chi connectivity index (χ3v) is 4.03. The molecule has 1 unspecified atom stereocenters. The Labute approximate surface area is 126 Å². The Bertz CT molecular complexity index is 574. The van der Waals surface area contributed by atoms with Gasteiger partial charge in [0, 0.05) is 12.0 Å². The van der Waals surface area contributed by atoms with Crippen LogP contribution in [0.25, 0.3) is 0 Å². The number of aliphatic hydroxyl groups is 1. The van der Waals surface area contributed by atoms with E-state index in [-0.39, 0.29) is 6.61 Å². The zero-order valence-corrected chi connectivity index (χ0v) is 12.7. The van der Waals surface area contributed by atoms with Crippen LogP contribution in [0.15, 0.2) is 48.5 Å². The monoisotopic (exact) mass is 285 g/mol. The van der Waals surface area contributed by atoms with Crippen molar-refractivity contribution in [3.63, 3.8) is 0 Å². The van der Waals surface area contributed by atoms with Crippen molar-refractivity contribution >= 4 is 0 Å². The van der Waals surface area contributed by atoms with Crippen molar-refractivity contribution in [2.45, 2.75) is 18.8 Å². The van der Waals surface area contributed by atoms with Gasteiger partial charge in [-0.3, -0.25) is 0 Å². The van der Waals surface area contributed by atoms with Crippen molar-refractivity contribution in [1.82, 2.24) is 0 Å². The fraction of sp³-hybridized carbons (Fsp3) is 0.333. The highest BCUT2D eigenvalue weighted by Crippen LogP contribution is 2.29. The fourth-order valence-electron chi connectivity index (χ4n) is 2.58. The van der Waals surface area contributed by atoms with E-state index in [0.29, 0.717) is 13.0 Å². The van der Waals surface area contributed by atoms with E-state index in [4.69, 9.17) is 10.5 Å². The molecule has 0 saturated heterocycles. The summed E-state index contributed by atoms with van der Waals surface area (Å²) in [4.78, 5) is 0. The lowest BCUT2D eigenvalue weighted by molar-refractivity contribution is 0.196. The van der Waals surface area contributed by atoms with Crippen molar-refractivity contribution in [2.75, 3.05) is 20.3 Å². The first kappa shape index (κ1) is 15.5. The molecule has 0 aromatic heterocycles. The first-order chi connectivity index (χ1) is 10.1. The molecule has 0 spiro atoms. The Balaban J connectivity index is 2.35. The molecule has 0 aliphatic heterocycles. The normalized spacial score (nSPS) is 13.7. The summed E-state index contributed by atoms with van der Waals surface area (Å²) in [5, 5.41) is 9.98. The van der Waals surface area contributed by atoms with Crippen LogP contribution in [-0.2, 0) is 11.8 Å². The maximum atomic E-state index is 9.98. The van der Waals surface area contributed by atoms with Crippen molar-refractivity contribution < 1.29 is 9.84 Å². The van der Waals surface area contributed by atoms with Crippen LogP contribution in [-0.4, -0.2) is 25.4 Å². The standard InChI is InChI=1S/C18H23NO2/c1-14-6-8-16(9-7-14)18(12-19,13-20)11-15-4-3-5-17(10-15)21-2/h3-10,20H,11-13,19H2,1-2H3. The number of hydrogen-bond acceptors (Lipinski definition) is 3. The molecular weight excluding hydrogens is 262 g/mol. The number of methoxy groups -OCH3 is 1. The Morgan fingerprint density at radius 1 is 1.14 bits per heavy atom. The molecule has 2 aromatic rings. The topological polar surface area (TPSA) is 55.5 Å². The molecule has 21 heavy (non-hydrogen) atoms. The number of hydrogen-bond donors (Lipinski definition) is 2. The average molecular weight is 285 g/mol. The maximum Gasteiger partial charge on any atom is 0.119 e. The van der Waals surface area contributed by atoms with Crippen LogP contribution in [0.5, 0.6) is 5.75 Å². The van der Waals surface area contributed by atoms with Crippen LogP contribution >= 0.6 is 0 Å². The minimum atomic E-state index is -0.458. The van der Waals surface area contributed by atoms with Gasteiger partial charge in [0.2, 0.25) is 0 Å². The quantitative estimate of drug-likeness (QED) is 0.857. The fourth-order valence-corrected chi connectivity index (χ4v) is 2.58. The Kier molecular flexibility index (Phi) is 4.99. The number of rotatable bonds is 6. The van der Waals surface area contributed by atoms with Crippen molar-refractivity contribution in [3.05, 3.63) is 65.2 Å². The molecule has 0 amide bonds. The highest BCUT2D eigenvalue weighted by Gasteiger charge is 2.30. The molecule has 0 heterocycles. The van der Waals surface area contributed by atoms with E-state index in [2.05, 4.69) is 31.2 Å². The minimum Gasteiger partial charge on any atom is -0.497 e. The molecule has 112 valence electrons. The van der Waals surface area contributed by atoms with Gasteiger partial charge in [0.05, 0.1) is 13.7 Å². The summed E-state index contributed by atoms with van der Waals surface area (Å²) in [6, 6.07) is 16.1. The van der Waals surface area contributed by atoms with Gasteiger partial charge >= 0.3 is 0 Å². The zero-order valence-electron chi connectivity index (χ0n) is 12.7. The predicted octanol–water partition coefficient (Wildman–Crippen LogP) is 2.44. The molecule has 3 nitrogen and oxygen atoms in total. The van der Waals surface area contributed by atoms with Gasteiger partial charge in [-0.05, 0) is 36.6 Å². The van der Waals surface area contributed by atoms with Crippen LogP contribution in [0.3, 0.4) is 0 Å². The Morgan fingerprint density at radius 3 is 2.43 bits per heavy atom. The first-order valence-corrected chi connectivity index (χ1v) is 7.14. The second-order valence-electron chi connectivity index (χ2n) is 5.54. The third-order valence-electron chi connectivity index (χ3n) is 4.03. The van der Waals surface area contributed by atoms with Crippen molar-refractivity contribution in [2.24, 2.45) is 5.73 Å². The van der Waals surface area contributed by atoms with Gasteiger partial charge in [-0.1, -0.05) is 42.0 Å². The first-order valence-electron chi connectivity index (χ1n) is 7.14. The number of aryl methyl sites for hydroxylation is 1. The maximum absolute atomic E-state index is 9.98. The molecule has 2 aromatic carbocycles. The Hall–Kier alpha value is -1.84. The van der Waals surface area contributed by atoms with Gasteiger partial charge in [-0.2, -0.15) is 0 Å². The average Bonchev–Trinajstić information content (AvgIpc) is 2.54. The summed E-state index contributed by atoms with van der Waals surface area (Å²) >= 11 is 0. The molecule has 0 aliphatic carbocycles. The van der Waals surface area contributed by atoms with Gasteiger partial charge in [0.1, 0.15) is 5.75 Å². The number of aliphatic hydroxyl groups excluding tert-OH is 1. The SMILES string of the molecule is COc1cccc(CC(CN)(CO)c2ccc(C)cc2)c1. The second kappa shape index (κ2) is 6.74. The predicted molar refractivity (Wildman–Crippen MR) is 85.7 cm³/mol. The molecule has 0 radical (unpaired) electrons. The van der Waals surface area contributed by atoms with E-state index in [0.717, 1.165) is 16.9 Å². The summed E-state index contributed by atoms with van der Waals surface area (Å²) in [6.45, 7) is 2.46. The molecule has 0 fully saturated rings. The molecule has 3 heteroatoms. The summed E-state index contributed by atoms with van der Waals surface area (Å²) < 4.78 is 5.26.